The molecule has 0 atom stereocenters. The first-order valence-electron chi connectivity index (χ1n) is 10.4. The van der Waals surface area contributed by atoms with Crippen molar-refractivity contribution < 1.29 is 4.79 Å². The van der Waals surface area contributed by atoms with Crippen molar-refractivity contribution in [2.75, 3.05) is 4.90 Å². The number of primary amides is 1. The van der Waals surface area contributed by atoms with E-state index in [0.717, 1.165) is 23.4 Å². The van der Waals surface area contributed by atoms with Crippen LogP contribution in [0.3, 0.4) is 0 Å². The largest absolute Gasteiger partial charge is 0.351 e. The van der Waals surface area contributed by atoms with Crippen LogP contribution in [0.15, 0.2) is 79.4 Å². The highest BCUT2D eigenvalue weighted by atomic mass is 16.2. The molecule has 0 bridgehead atoms. The Hall–Kier alpha value is -4.00. The molecule has 0 aliphatic heterocycles. The lowest BCUT2D eigenvalue weighted by Gasteiger charge is -2.21. The number of urea groups is 1. The van der Waals surface area contributed by atoms with Crippen LogP contribution in [0.2, 0.25) is 0 Å². The van der Waals surface area contributed by atoms with Gasteiger partial charge in [-0.1, -0.05) is 32.9 Å². The number of pyridine rings is 2. The third-order valence-corrected chi connectivity index (χ3v) is 5.17. The molecule has 1 aromatic carbocycles. The monoisotopic (exact) mass is 426 g/mol. The third-order valence-electron chi connectivity index (χ3n) is 5.17. The van der Waals surface area contributed by atoms with E-state index in [2.05, 4.69) is 30.7 Å². The van der Waals surface area contributed by atoms with Gasteiger partial charge in [0.1, 0.15) is 5.82 Å². The molecule has 0 spiro atoms. The minimum absolute atomic E-state index is 0.204. The molecule has 0 saturated carbocycles. The SMILES string of the molecule is CC(C)(C)c1cc(N(C(N)=O)c2ccc(Cc3ccncc3)cc2)n(-c2ccncc2)n1. The first-order chi connectivity index (χ1) is 15.3. The Morgan fingerprint density at radius 1 is 0.906 bits per heavy atom. The number of hydrogen-bond acceptors (Lipinski definition) is 4. The number of nitrogens with zero attached hydrogens (tertiary/aromatic N) is 5. The summed E-state index contributed by atoms with van der Waals surface area (Å²) in [5.74, 6) is 0.579. The highest BCUT2D eigenvalue weighted by Gasteiger charge is 2.26. The maximum Gasteiger partial charge on any atom is 0.325 e. The summed E-state index contributed by atoms with van der Waals surface area (Å²) < 4.78 is 1.73. The second kappa shape index (κ2) is 8.63. The lowest BCUT2D eigenvalue weighted by Crippen LogP contribution is -2.33. The lowest BCUT2D eigenvalue weighted by molar-refractivity contribution is 0.256. The smallest absolute Gasteiger partial charge is 0.325 e. The van der Waals surface area contributed by atoms with Crippen molar-refractivity contribution in [1.82, 2.24) is 19.7 Å². The van der Waals surface area contributed by atoms with Gasteiger partial charge in [0.2, 0.25) is 0 Å². The molecular formula is C25H26N6O. The molecule has 3 aromatic heterocycles. The molecule has 0 saturated heterocycles. The van der Waals surface area contributed by atoms with Gasteiger partial charge in [0.05, 0.1) is 17.1 Å². The van der Waals surface area contributed by atoms with Gasteiger partial charge in [0, 0.05) is 36.3 Å². The summed E-state index contributed by atoms with van der Waals surface area (Å²) in [5, 5.41) is 4.79. The van der Waals surface area contributed by atoms with E-state index in [-0.39, 0.29) is 5.41 Å². The lowest BCUT2D eigenvalue weighted by atomic mass is 9.92. The average molecular weight is 427 g/mol. The second-order valence-electron chi connectivity index (χ2n) is 8.63. The van der Waals surface area contributed by atoms with Crippen LogP contribution in [0.1, 0.15) is 37.6 Å². The van der Waals surface area contributed by atoms with Gasteiger partial charge in [-0.25, -0.2) is 14.4 Å². The highest BCUT2D eigenvalue weighted by Crippen LogP contribution is 2.32. The molecular weight excluding hydrogens is 400 g/mol. The van der Waals surface area contributed by atoms with Crippen LogP contribution in [0, 0.1) is 0 Å². The number of carbonyl (C=O) groups is 1. The van der Waals surface area contributed by atoms with Crippen LogP contribution in [-0.2, 0) is 11.8 Å². The van der Waals surface area contributed by atoms with Gasteiger partial charge >= 0.3 is 6.03 Å². The molecule has 7 nitrogen and oxygen atoms in total. The van der Waals surface area contributed by atoms with Crippen molar-refractivity contribution >= 4 is 17.5 Å². The zero-order valence-electron chi connectivity index (χ0n) is 18.4. The summed E-state index contributed by atoms with van der Waals surface area (Å²) in [6.07, 6.45) is 7.74. The molecule has 3 heterocycles. The van der Waals surface area contributed by atoms with E-state index in [1.165, 1.54) is 10.5 Å². The number of nitrogens with two attached hydrogens (primary N) is 1. The summed E-state index contributed by atoms with van der Waals surface area (Å²) in [6.45, 7) is 6.25. The van der Waals surface area contributed by atoms with Gasteiger partial charge in [-0.2, -0.15) is 5.10 Å². The van der Waals surface area contributed by atoms with Crippen LogP contribution in [-0.4, -0.2) is 25.8 Å². The maximum atomic E-state index is 12.6. The number of rotatable bonds is 5. The van der Waals surface area contributed by atoms with E-state index in [0.29, 0.717) is 11.5 Å². The highest BCUT2D eigenvalue weighted by molar-refractivity contribution is 5.98. The Bertz CT molecular complexity index is 1190. The number of amides is 2. The maximum absolute atomic E-state index is 12.6. The fraction of sp³-hybridized carbons (Fsp3) is 0.200. The van der Waals surface area contributed by atoms with Gasteiger partial charge in [-0.05, 0) is 53.9 Å². The first kappa shape index (κ1) is 21.2. The van der Waals surface area contributed by atoms with Crippen molar-refractivity contribution in [2.24, 2.45) is 5.73 Å². The zero-order chi connectivity index (χ0) is 22.7. The Balaban J connectivity index is 1.74. The minimum atomic E-state index is -0.581. The zero-order valence-corrected chi connectivity index (χ0v) is 18.4. The predicted molar refractivity (Wildman–Crippen MR) is 125 cm³/mol. The van der Waals surface area contributed by atoms with Crippen molar-refractivity contribution in [2.45, 2.75) is 32.6 Å². The average Bonchev–Trinajstić information content (AvgIpc) is 3.22. The van der Waals surface area contributed by atoms with Crippen LogP contribution in [0.4, 0.5) is 16.3 Å². The molecule has 0 radical (unpaired) electrons. The predicted octanol–water partition coefficient (Wildman–Crippen LogP) is 4.77. The molecule has 0 fully saturated rings. The molecule has 4 rings (SSSR count). The number of anilines is 2. The van der Waals surface area contributed by atoms with Crippen molar-refractivity contribution in [3.63, 3.8) is 0 Å². The van der Waals surface area contributed by atoms with E-state index in [9.17, 15) is 4.79 Å². The fourth-order valence-corrected chi connectivity index (χ4v) is 3.44. The Morgan fingerprint density at radius 3 is 2.03 bits per heavy atom. The van der Waals surface area contributed by atoms with E-state index >= 15 is 0 Å². The molecule has 7 heteroatoms. The Labute approximate surface area is 187 Å². The molecule has 162 valence electrons. The molecule has 2 amide bonds. The van der Waals surface area contributed by atoms with Crippen molar-refractivity contribution in [3.05, 3.63) is 96.2 Å². The third kappa shape index (κ3) is 4.51. The first-order valence-corrected chi connectivity index (χ1v) is 10.4. The van der Waals surface area contributed by atoms with Gasteiger partial charge in [-0.3, -0.25) is 9.97 Å². The Morgan fingerprint density at radius 2 is 1.47 bits per heavy atom. The standard InChI is InChI=1S/C25H26N6O/c1-25(2,3)22-17-23(31(29-22)21-10-14-28-15-11-21)30(24(26)32)20-6-4-18(5-7-20)16-19-8-12-27-13-9-19/h4-15,17H,16H2,1-3H3,(H2,26,32). The van der Waals surface area contributed by atoms with Gasteiger partial charge in [0.15, 0.2) is 0 Å². The Kier molecular flexibility index (Phi) is 5.73. The quantitative estimate of drug-likeness (QED) is 0.498. The number of carbonyl (C=O) groups excluding carboxylic acids is 1. The van der Waals surface area contributed by atoms with Crippen molar-refractivity contribution in [3.8, 4) is 5.69 Å². The summed E-state index contributed by atoms with van der Waals surface area (Å²) in [6, 6.07) is 16.8. The summed E-state index contributed by atoms with van der Waals surface area (Å²) in [5.41, 5.74) is 10.3. The van der Waals surface area contributed by atoms with Crippen LogP contribution in [0.25, 0.3) is 5.69 Å². The molecule has 4 aromatic rings. The molecule has 32 heavy (non-hydrogen) atoms. The van der Waals surface area contributed by atoms with E-state index in [1.807, 2.05) is 54.6 Å². The van der Waals surface area contributed by atoms with Gasteiger partial charge < -0.3 is 5.73 Å². The summed E-state index contributed by atoms with van der Waals surface area (Å²) >= 11 is 0. The van der Waals surface area contributed by atoms with Gasteiger partial charge in [-0.15, -0.1) is 0 Å². The normalized spacial score (nSPS) is 11.3. The van der Waals surface area contributed by atoms with Gasteiger partial charge in [0.25, 0.3) is 0 Å². The van der Waals surface area contributed by atoms with Crippen LogP contribution in [0.5, 0.6) is 0 Å². The van der Waals surface area contributed by atoms with Crippen molar-refractivity contribution in [1.29, 1.82) is 0 Å². The molecule has 0 aliphatic rings. The minimum Gasteiger partial charge on any atom is -0.351 e. The number of aromatic nitrogens is 4. The number of benzene rings is 1. The summed E-state index contributed by atoms with van der Waals surface area (Å²) in [7, 11) is 0. The van der Waals surface area contributed by atoms with E-state index < -0.39 is 6.03 Å². The van der Waals surface area contributed by atoms with Crippen LogP contribution < -0.4 is 10.6 Å². The molecule has 2 N–H and O–H groups in total. The molecule has 0 unspecified atom stereocenters. The van der Waals surface area contributed by atoms with Crippen LogP contribution >= 0.6 is 0 Å². The second-order valence-corrected chi connectivity index (χ2v) is 8.63. The fourth-order valence-electron chi connectivity index (χ4n) is 3.44. The van der Waals surface area contributed by atoms with E-state index in [1.54, 1.807) is 29.5 Å². The number of hydrogen-bond donors (Lipinski definition) is 1. The molecule has 0 aliphatic carbocycles. The topological polar surface area (TPSA) is 89.9 Å². The van der Waals surface area contributed by atoms with E-state index in [4.69, 9.17) is 10.8 Å². The summed E-state index contributed by atoms with van der Waals surface area (Å²) in [4.78, 5) is 22.2.